The molecule has 2 N–H and O–H groups in total. The van der Waals surface area contributed by atoms with Gasteiger partial charge in [0.15, 0.2) is 0 Å². The fraction of sp³-hybridized carbons (Fsp3) is 0.538. The highest BCUT2D eigenvalue weighted by Crippen LogP contribution is 2.34. The highest BCUT2D eigenvalue weighted by molar-refractivity contribution is 9.10. The van der Waals surface area contributed by atoms with Crippen molar-refractivity contribution in [3.05, 3.63) is 22.4 Å². The monoisotopic (exact) mass is 364 g/mol. The highest BCUT2D eigenvalue weighted by atomic mass is 79.9. The molecule has 20 heavy (non-hydrogen) atoms. The minimum absolute atomic E-state index is 0.0100. The van der Waals surface area contributed by atoms with E-state index in [-0.39, 0.29) is 16.6 Å². The maximum absolute atomic E-state index is 14.0. The van der Waals surface area contributed by atoms with Crippen molar-refractivity contribution in [3.63, 3.8) is 0 Å². The Morgan fingerprint density at radius 1 is 1.45 bits per heavy atom. The van der Waals surface area contributed by atoms with E-state index in [9.17, 15) is 12.8 Å². The number of unbranched alkanes of at least 4 members (excludes halogenated alkanes) is 1. The Labute approximate surface area is 127 Å². The fourth-order valence-electron chi connectivity index (χ4n) is 2.04. The summed E-state index contributed by atoms with van der Waals surface area (Å²) in [5, 5.41) is 0. The second-order valence-electron chi connectivity index (χ2n) is 5.00. The van der Waals surface area contributed by atoms with E-state index in [1.54, 1.807) is 0 Å². The number of hydrogen-bond donors (Lipinski definition) is 1. The minimum atomic E-state index is -3.82. The molecule has 0 spiro atoms. The Hall–Kier alpha value is -0.660. The molecule has 7 heteroatoms. The average Bonchev–Trinajstić information content (AvgIpc) is 3.18. The van der Waals surface area contributed by atoms with Crippen molar-refractivity contribution >= 4 is 31.6 Å². The van der Waals surface area contributed by atoms with Crippen LogP contribution in [0.4, 0.5) is 10.1 Å². The van der Waals surface area contributed by atoms with Gasteiger partial charge in [0.2, 0.25) is 10.0 Å². The van der Waals surface area contributed by atoms with Crippen LogP contribution < -0.4 is 5.73 Å². The van der Waals surface area contributed by atoms with Crippen LogP contribution in [-0.2, 0) is 10.0 Å². The van der Waals surface area contributed by atoms with Gasteiger partial charge in [-0.2, -0.15) is 4.31 Å². The van der Waals surface area contributed by atoms with Gasteiger partial charge in [0.25, 0.3) is 0 Å². The molecule has 0 heterocycles. The predicted molar refractivity (Wildman–Crippen MR) is 80.3 cm³/mol. The van der Waals surface area contributed by atoms with Crippen molar-refractivity contribution in [1.29, 1.82) is 0 Å². The SMILES string of the molecule is CCCCN(C1CC1)S(=O)(=O)c1cc(N)c(Br)cc1F. The van der Waals surface area contributed by atoms with E-state index in [0.717, 1.165) is 31.7 Å². The third-order valence-electron chi connectivity index (χ3n) is 3.32. The molecule has 0 unspecified atom stereocenters. The van der Waals surface area contributed by atoms with E-state index in [1.165, 1.54) is 10.4 Å². The zero-order valence-electron chi connectivity index (χ0n) is 11.3. The van der Waals surface area contributed by atoms with Crippen molar-refractivity contribution in [2.45, 2.75) is 43.5 Å². The molecule has 4 nitrogen and oxygen atoms in total. The summed E-state index contributed by atoms with van der Waals surface area (Å²) in [4.78, 5) is -0.332. The molecule has 1 aromatic carbocycles. The molecule has 1 fully saturated rings. The lowest BCUT2D eigenvalue weighted by molar-refractivity contribution is 0.392. The van der Waals surface area contributed by atoms with E-state index in [4.69, 9.17) is 5.73 Å². The van der Waals surface area contributed by atoms with Crippen molar-refractivity contribution in [2.75, 3.05) is 12.3 Å². The summed E-state index contributed by atoms with van der Waals surface area (Å²) in [6.45, 7) is 2.43. The summed E-state index contributed by atoms with van der Waals surface area (Å²) < 4.78 is 41.0. The number of hydrogen-bond acceptors (Lipinski definition) is 3. The van der Waals surface area contributed by atoms with Crippen LogP contribution in [-0.4, -0.2) is 25.3 Å². The number of halogens is 2. The number of anilines is 1. The molecule has 0 amide bonds. The smallest absolute Gasteiger partial charge is 0.246 e. The van der Waals surface area contributed by atoms with Gasteiger partial charge in [-0.1, -0.05) is 13.3 Å². The first-order valence-corrected chi connectivity index (χ1v) is 8.87. The Morgan fingerprint density at radius 3 is 2.65 bits per heavy atom. The number of rotatable bonds is 6. The first-order chi connectivity index (χ1) is 9.37. The van der Waals surface area contributed by atoms with Gasteiger partial charge in [-0.25, -0.2) is 12.8 Å². The summed E-state index contributed by atoms with van der Waals surface area (Å²) in [6, 6.07) is 2.30. The van der Waals surface area contributed by atoms with Crippen LogP contribution in [0.1, 0.15) is 32.6 Å². The van der Waals surface area contributed by atoms with Gasteiger partial charge in [0.05, 0.1) is 0 Å². The summed E-state index contributed by atoms with van der Waals surface area (Å²) in [5.74, 6) is -0.770. The van der Waals surface area contributed by atoms with Crippen LogP contribution in [0.25, 0.3) is 0 Å². The summed E-state index contributed by atoms with van der Waals surface area (Å²) in [6.07, 6.45) is 3.35. The van der Waals surface area contributed by atoms with Crippen LogP contribution in [0.2, 0.25) is 0 Å². The Balaban J connectivity index is 2.39. The molecule has 0 atom stereocenters. The lowest BCUT2D eigenvalue weighted by Gasteiger charge is -2.22. The molecular formula is C13H18BrFN2O2S. The van der Waals surface area contributed by atoms with Gasteiger partial charge in [-0.3, -0.25) is 0 Å². The third kappa shape index (κ3) is 3.15. The lowest BCUT2D eigenvalue weighted by atomic mass is 10.3. The van der Waals surface area contributed by atoms with Crippen LogP contribution in [0.5, 0.6) is 0 Å². The van der Waals surface area contributed by atoms with Crippen molar-refractivity contribution in [3.8, 4) is 0 Å². The van der Waals surface area contributed by atoms with Crippen LogP contribution in [0.3, 0.4) is 0 Å². The summed E-state index contributed by atoms with van der Waals surface area (Å²) >= 11 is 3.09. The van der Waals surface area contributed by atoms with Gasteiger partial charge in [0, 0.05) is 22.7 Å². The quantitative estimate of drug-likeness (QED) is 0.788. The second kappa shape index (κ2) is 5.99. The fourth-order valence-corrected chi connectivity index (χ4v) is 4.17. The van der Waals surface area contributed by atoms with Gasteiger partial charge in [-0.05, 0) is 47.3 Å². The van der Waals surface area contributed by atoms with E-state index in [2.05, 4.69) is 15.9 Å². The lowest BCUT2D eigenvalue weighted by Crippen LogP contribution is -2.34. The molecule has 1 aliphatic rings. The predicted octanol–water partition coefficient (Wildman–Crippen LogP) is 3.12. The standard InChI is InChI=1S/C13H18BrFN2O2S/c1-2-3-6-17(9-4-5-9)20(18,19)13-8-12(16)10(14)7-11(13)15/h7-9H,2-6,16H2,1H3. The maximum atomic E-state index is 14.0. The number of sulfonamides is 1. The van der Waals surface area contributed by atoms with Crippen molar-refractivity contribution < 1.29 is 12.8 Å². The molecule has 1 saturated carbocycles. The molecule has 1 aliphatic carbocycles. The molecule has 112 valence electrons. The molecule has 2 rings (SSSR count). The van der Waals surface area contributed by atoms with Gasteiger partial charge in [0.1, 0.15) is 10.7 Å². The molecule has 0 saturated heterocycles. The number of nitrogens with two attached hydrogens (primary N) is 1. The Bertz CT molecular complexity index is 603. The highest BCUT2D eigenvalue weighted by Gasteiger charge is 2.38. The van der Waals surface area contributed by atoms with E-state index >= 15 is 0 Å². The third-order valence-corrected chi connectivity index (χ3v) is 5.98. The normalized spacial score (nSPS) is 15.8. The Kier molecular flexibility index (Phi) is 4.71. The first-order valence-electron chi connectivity index (χ1n) is 6.64. The second-order valence-corrected chi connectivity index (χ2v) is 7.72. The summed E-state index contributed by atoms with van der Waals surface area (Å²) in [5.41, 5.74) is 5.90. The van der Waals surface area contributed by atoms with E-state index in [1.807, 2.05) is 6.92 Å². The van der Waals surface area contributed by atoms with Gasteiger partial charge in [-0.15, -0.1) is 0 Å². The zero-order chi connectivity index (χ0) is 14.9. The van der Waals surface area contributed by atoms with Crippen LogP contribution in [0.15, 0.2) is 21.5 Å². The molecule has 0 aromatic heterocycles. The van der Waals surface area contributed by atoms with Crippen molar-refractivity contribution in [1.82, 2.24) is 4.31 Å². The van der Waals surface area contributed by atoms with E-state index in [0.29, 0.717) is 11.0 Å². The number of nitrogens with zero attached hydrogens (tertiary/aromatic N) is 1. The Morgan fingerprint density at radius 2 is 2.10 bits per heavy atom. The molecule has 1 aromatic rings. The van der Waals surface area contributed by atoms with Crippen molar-refractivity contribution in [2.24, 2.45) is 0 Å². The van der Waals surface area contributed by atoms with Crippen LogP contribution >= 0.6 is 15.9 Å². The number of nitrogen functional groups attached to an aromatic ring is 1. The molecule has 0 bridgehead atoms. The molecule has 0 aliphatic heterocycles. The van der Waals surface area contributed by atoms with Gasteiger partial charge < -0.3 is 5.73 Å². The molecular weight excluding hydrogens is 347 g/mol. The topological polar surface area (TPSA) is 63.4 Å². The zero-order valence-corrected chi connectivity index (χ0v) is 13.7. The van der Waals surface area contributed by atoms with Gasteiger partial charge >= 0.3 is 0 Å². The molecule has 0 radical (unpaired) electrons. The summed E-state index contributed by atoms with van der Waals surface area (Å²) in [7, 11) is -3.82. The average molecular weight is 365 g/mol. The first kappa shape index (κ1) is 15.7. The largest absolute Gasteiger partial charge is 0.398 e. The number of benzene rings is 1. The minimum Gasteiger partial charge on any atom is -0.398 e. The van der Waals surface area contributed by atoms with Crippen LogP contribution in [0, 0.1) is 5.82 Å². The maximum Gasteiger partial charge on any atom is 0.246 e. The van der Waals surface area contributed by atoms with E-state index < -0.39 is 15.8 Å².